The summed E-state index contributed by atoms with van der Waals surface area (Å²) in [7, 11) is 2.22. The van der Waals surface area contributed by atoms with E-state index in [2.05, 4.69) is 39.6 Å². The third kappa shape index (κ3) is 4.52. The minimum atomic E-state index is -0.0677. The second-order valence-electron chi connectivity index (χ2n) is 6.80. The van der Waals surface area contributed by atoms with Gasteiger partial charge >= 0.3 is 0 Å². The Morgan fingerprint density at radius 3 is 2.13 bits per heavy atom. The first-order valence-electron chi connectivity index (χ1n) is 6.19. The fourth-order valence-corrected chi connectivity index (χ4v) is 2.60. The predicted octanol–water partition coefficient (Wildman–Crippen LogP) is 2.62. The minimum Gasteiger partial charge on any atom is -0.324 e. The summed E-state index contributed by atoms with van der Waals surface area (Å²) in [5.74, 6) is 0. The average Bonchev–Trinajstić information content (AvgIpc) is 2.00. The molecule has 0 aromatic rings. The topological polar surface area (TPSA) is 29.3 Å². The van der Waals surface area contributed by atoms with Crippen molar-refractivity contribution >= 4 is 0 Å². The van der Waals surface area contributed by atoms with Crippen molar-refractivity contribution < 1.29 is 0 Å². The summed E-state index contributed by atoms with van der Waals surface area (Å²) in [5.41, 5.74) is 6.55. The first-order valence-corrected chi connectivity index (χ1v) is 6.19. The molecule has 0 heterocycles. The van der Waals surface area contributed by atoms with E-state index in [-0.39, 0.29) is 5.54 Å². The quantitative estimate of drug-likeness (QED) is 0.779. The molecule has 0 radical (unpaired) electrons. The highest BCUT2D eigenvalue weighted by Gasteiger charge is 2.29. The Morgan fingerprint density at radius 1 is 1.27 bits per heavy atom. The first kappa shape index (κ1) is 13.0. The van der Waals surface area contributed by atoms with Crippen LogP contribution in [0.4, 0.5) is 0 Å². The number of nitrogens with zero attached hydrogens (tertiary/aromatic N) is 1. The fraction of sp³-hybridized carbons (Fsp3) is 1.00. The molecule has 0 atom stereocenters. The number of nitrogens with two attached hydrogens (primary N) is 1. The van der Waals surface area contributed by atoms with E-state index in [0.717, 1.165) is 12.6 Å². The van der Waals surface area contributed by atoms with Gasteiger partial charge in [0.2, 0.25) is 0 Å². The second kappa shape index (κ2) is 4.42. The standard InChI is InChI=1S/C13H28N2/c1-12(2)8-6-11(7-9-12)15(5)10-13(3,4)14/h11H,6-10,14H2,1-5H3. The van der Waals surface area contributed by atoms with E-state index in [9.17, 15) is 0 Å². The summed E-state index contributed by atoms with van der Waals surface area (Å²) >= 11 is 0. The zero-order chi connectivity index (χ0) is 11.7. The zero-order valence-corrected chi connectivity index (χ0v) is 11.1. The van der Waals surface area contributed by atoms with Gasteiger partial charge in [-0.1, -0.05) is 13.8 Å². The van der Waals surface area contributed by atoms with Gasteiger partial charge < -0.3 is 10.6 Å². The van der Waals surface area contributed by atoms with Crippen LogP contribution in [0.5, 0.6) is 0 Å². The van der Waals surface area contributed by atoms with Crippen molar-refractivity contribution in [2.75, 3.05) is 13.6 Å². The van der Waals surface area contributed by atoms with Gasteiger partial charge in [0.15, 0.2) is 0 Å². The van der Waals surface area contributed by atoms with E-state index in [0.29, 0.717) is 5.41 Å². The summed E-state index contributed by atoms with van der Waals surface area (Å²) in [5, 5.41) is 0. The fourth-order valence-electron chi connectivity index (χ4n) is 2.60. The molecule has 1 aliphatic carbocycles. The van der Waals surface area contributed by atoms with Crippen LogP contribution in [0.25, 0.3) is 0 Å². The van der Waals surface area contributed by atoms with Crippen LogP contribution in [0.2, 0.25) is 0 Å². The van der Waals surface area contributed by atoms with E-state index in [4.69, 9.17) is 5.73 Å². The Morgan fingerprint density at radius 2 is 1.73 bits per heavy atom. The second-order valence-corrected chi connectivity index (χ2v) is 6.80. The van der Waals surface area contributed by atoms with Crippen molar-refractivity contribution in [1.29, 1.82) is 0 Å². The molecule has 2 nitrogen and oxygen atoms in total. The van der Waals surface area contributed by atoms with Gasteiger partial charge in [-0.05, 0) is 52.0 Å². The van der Waals surface area contributed by atoms with Gasteiger partial charge in [-0.25, -0.2) is 0 Å². The molecule has 1 fully saturated rings. The van der Waals surface area contributed by atoms with Crippen molar-refractivity contribution in [2.24, 2.45) is 11.1 Å². The van der Waals surface area contributed by atoms with Crippen LogP contribution in [0.3, 0.4) is 0 Å². The van der Waals surface area contributed by atoms with E-state index < -0.39 is 0 Å². The van der Waals surface area contributed by atoms with Crippen molar-refractivity contribution in [3.8, 4) is 0 Å². The SMILES string of the molecule is CN(CC(C)(C)N)C1CCC(C)(C)CC1. The molecule has 0 amide bonds. The van der Waals surface area contributed by atoms with Crippen LogP contribution in [-0.2, 0) is 0 Å². The number of rotatable bonds is 3. The third-order valence-corrected chi connectivity index (χ3v) is 3.59. The van der Waals surface area contributed by atoms with Gasteiger partial charge in [-0.15, -0.1) is 0 Å². The monoisotopic (exact) mass is 212 g/mol. The summed E-state index contributed by atoms with van der Waals surface area (Å²) in [6.45, 7) is 9.98. The van der Waals surface area contributed by atoms with Crippen LogP contribution in [0, 0.1) is 5.41 Å². The normalized spacial score (nSPS) is 23.4. The van der Waals surface area contributed by atoms with Crippen LogP contribution >= 0.6 is 0 Å². The lowest BCUT2D eigenvalue weighted by atomic mass is 9.75. The Bertz CT molecular complexity index is 193. The highest BCUT2D eigenvalue weighted by atomic mass is 15.1. The largest absolute Gasteiger partial charge is 0.324 e. The lowest BCUT2D eigenvalue weighted by Gasteiger charge is -2.40. The summed E-state index contributed by atoms with van der Waals surface area (Å²) in [6, 6.07) is 0.751. The molecular formula is C13H28N2. The average molecular weight is 212 g/mol. The Labute approximate surface area is 95.2 Å². The molecule has 1 rings (SSSR count). The summed E-state index contributed by atoms with van der Waals surface area (Å²) in [6.07, 6.45) is 5.37. The molecule has 0 spiro atoms. The third-order valence-electron chi connectivity index (χ3n) is 3.59. The van der Waals surface area contributed by atoms with E-state index >= 15 is 0 Å². The lowest BCUT2D eigenvalue weighted by molar-refractivity contribution is 0.113. The Balaban J connectivity index is 2.40. The maximum atomic E-state index is 6.05. The van der Waals surface area contributed by atoms with E-state index in [1.54, 1.807) is 0 Å². The molecule has 2 N–H and O–H groups in total. The predicted molar refractivity (Wildman–Crippen MR) is 66.9 cm³/mol. The molecule has 15 heavy (non-hydrogen) atoms. The molecule has 0 bridgehead atoms. The van der Waals surface area contributed by atoms with Gasteiger partial charge in [-0.2, -0.15) is 0 Å². The smallest absolute Gasteiger partial charge is 0.0226 e. The molecule has 0 aliphatic heterocycles. The molecule has 90 valence electrons. The Kier molecular flexibility index (Phi) is 3.83. The highest BCUT2D eigenvalue weighted by Crippen LogP contribution is 2.36. The van der Waals surface area contributed by atoms with E-state index in [1.165, 1.54) is 25.7 Å². The molecule has 2 heteroatoms. The molecule has 0 saturated heterocycles. The Hall–Kier alpha value is -0.0800. The van der Waals surface area contributed by atoms with E-state index in [1.807, 2.05) is 0 Å². The van der Waals surface area contributed by atoms with Gasteiger partial charge in [0.1, 0.15) is 0 Å². The number of likely N-dealkylation sites (N-methyl/N-ethyl adjacent to an activating group) is 1. The number of hydrogen-bond donors (Lipinski definition) is 1. The van der Waals surface area contributed by atoms with Gasteiger partial charge in [0.25, 0.3) is 0 Å². The molecule has 1 aliphatic rings. The van der Waals surface area contributed by atoms with Crippen molar-refractivity contribution in [3.63, 3.8) is 0 Å². The maximum absolute atomic E-state index is 6.05. The van der Waals surface area contributed by atoms with Crippen LogP contribution in [0.1, 0.15) is 53.4 Å². The minimum absolute atomic E-state index is 0.0677. The van der Waals surface area contributed by atoms with Gasteiger partial charge in [0, 0.05) is 18.1 Å². The van der Waals surface area contributed by atoms with Crippen molar-refractivity contribution in [1.82, 2.24) is 4.90 Å². The maximum Gasteiger partial charge on any atom is 0.0226 e. The highest BCUT2D eigenvalue weighted by molar-refractivity contribution is 4.85. The van der Waals surface area contributed by atoms with Crippen LogP contribution in [0.15, 0.2) is 0 Å². The van der Waals surface area contributed by atoms with Crippen LogP contribution < -0.4 is 5.73 Å². The van der Waals surface area contributed by atoms with Gasteiger partial charge in [-0.3, -0.25) is 0 Å². The number of hydrogen-bond acceptors (Lipinski definition) is 2. The summed E-state index contributed by atoms with van der Waals surface area (Å²) in [4.78, 5) is 2.45. The van der Waals surface area contributed by atoms with Crippen LogP contribution in [-0.4, -0.2) is 30.1 Å². The first-order chi connectivity index (χ1) is 6.70. The van der Waals surface area contributed by atoms with Crippen molar-refractivity contribution in [2.45, 2.75) is 65.0 Å². The lowest BCUT2D eigenvalue weighted by Crippen LogP contribution is -2.48. The zero-order valence-electron chi connectivity index (χ0n) is 11.1. The molecule has 1 saturated carbocycles. The summed E-state index contributed by atoms with van der Waals surface area (Å²) < 4.78 is 0. The molecule has 0 aromatic heterocycles. The van der Waals surface area contributed by atoms with Gasteiger partial charge in [0.05, 0.1) is 0 Å². The molecule has 0 aromatic carbocycles. The molecular weight excluding hydrogens is 184 g/mol. The van der Waals surface area contributed by atoms with Crippen molar-refractivity contribution in [3.05, 3.63) is 0 Å². The molecule has 0 unspecified atom stereocenters.